The van der Waals surface area contributed by atoms with E-state index in [4.69, 9.17) is 11.6 Å². The summed E-state index contributed by atoms with van der Waals surface area (Å²) >= 11 is 5.46. The van der Waals surface area contributed by atoms with Gasteiger partial charge >= 0.3 is 0 Å². The fourth-order valence-electron chi connectivity index (χ4n) is 1.27. The second kappa shape index (κ2) is 5.73. The van der Waals surface area contributed by atoms with Crippen LogP contribution in [-0.2, 0) is 0 Å². The molecule has 0 bridgehead atoms. The van der Waals surface area contributed by atoms with Gasteiger partial charge in [0.1, 0.15) is 5.56 Å². The topological polar surface area (TPSA) is 20.3 Å². The number of hydrogen-bond acceptors (Lipinski definition) is 1. The minimum Gasteiger partial charge on any atom is -0.338 e. The Morgan fingerprint density at radius 2 is 1.42 bits per heavy atom. The Morgan fingerprint density at radius 1 is 1.05 bits per heavy atom. The first-order valence-corrected chi connectivity index (χ1v) is 5.62. The molecule has 19 heavy (non-hydrogen) atoms. The summed E-state index contributed by atoms with van der Waals surface area (Å²) in [4.78, 5) is 12.5. The quantitative estimate of drug-likeness (QED) is 0.364. The molecule has 1 unspecified atom stereocenters. The highest BCUT2D eigenvalue weighted by Crippen LogP contribution is 2.24. The number of amides is 1. The molecule has 0 saturated carbocycles. The first-order chi connectivity index (χ1) is 8.73. The van der Waals surface area contributed by atoms with E-state index in [1.165, 1.54) is 6.92 Å². The molecule has 2 nitrogen and oxygen atoms in total. The van der Waals surface area contributed by atoms with Crippen molar-refractivity contribution < 1.29 is 26.7 Å². The highest BCUT2D eigenvalue weighted by molar-refractivity contribution is 6.18. The van der Waals surface area contributed by atoms with Crippen LogP contribution in [-0.4, -0.2) is 29.8 Å². The monoisotopic (exact) mass is 301 g/mol. The molecular formula is C11H9ClF5NO. The van der Waals surface area contributed by atoms with E-state index in [1.54, 1.807) is 0 Å². The minimum absolute atomic E-state index is 0.0579. The summed E-state index contributed by atoms with van der Waals surface area (Å²) in [6.45, 7) is 1.46. The average Bonchev–Trinajstić information content (AvgIpc) is 2.41. The molecule has 0 aliphatic rings. The summed E-state index contributed by atoms with van der Waals surface area (Å²) in [6.07, 6.45) is 0. The van der Waals surface area contributed by atoms with Crippen LogP contribution in [0.5, 0.6) is 0 Å². The standard InChI is InChI=1S/C11H9ClF5NO/c1-4(3-12)18(2)11(19)5-6(13)8(15)10(17)9(16)7(5)14/h4H,3H2,1-2H3. The Labute approximate surface area is 110 Å². The van der Waals surface area contributed by atoms with Crippen LogP contribution >= 0.6 is 11.6 Å². The van der Waals surface area contributed by atoms with Crippen molar-refractivity contribution in [3.63, 3.8) is 0 Å². The minimum atomic E-state index is -2.31. The van der Waals surface area contributed by atoms with Crippen molar-refractivity contribution in [1.29, 1.82) is 0 Å². The maximum atomic E-state index is 13.4. The van der Waals surface area contributed by atoms with E-state index in [2.05, 4.69) is 0 Å². The summed E-state index contributed by atoms with van der Waals surface area (Å²) in [5.41, 5.74) is -1.49. The summed E-state index contributed by atoms with van der Waals surface area (Å²) in [7, 11) is 1.15. The molecule has 0 aliphatic carbocycles. The van der Waals surface area contributed by atoms with Gasteiger partial charge in [-0.05, 0) is 6.92 Å². The van der Waals surface area contributed by atoms with Crippen molar-refractivity contribution >= 4 is 17.5 Å². The Hall–Kier alpha value is -1.37. The molecule has 1 atom stereocenters. The van der Waals surface area contributed by atoms with Crippen molar-refractivity contribution in [1.82, 2.24) is 4.90 Å². The fourth-order valence-corrected chi connectivity index (χ4v) is 1.48. The molecule has 0 radical (unpaired) electrons. The zero-order valence-electron chi connectivity index (χ0n) is 9.91. The molecule has 106 valence electrons. The average molecular weight is 302 g/mol. The van der Waals surface area contributed by atoms with Crippen LogP contribution in [0.3, 0.4) is 0 Å². The van der Waals surface area contributed by atoms with Crippen LogP contribution < -0.4 is 0 Å². The number of hydrogen-bond donors (Lipinski definition) is 0. The molecule has 1 aromatic rings. The third-order valence-corrected chi connectivity index (χ3v) is 3.08. The zero-order valence-corrected chi connectivity index (χ0v) is 10.7. The summed E-state index contributed by atoms with van der Waals surface area (Å²) < 4.78 is 65.5. The highest BCUT2D eigenvalue weighted by atomic mass is 35.5. The molecular weight excluding hydrogens is 293 g/mol. The van der Waals surface area contributed by atoms with Crippen LogP contribution in [0.2, 0.25) is 0 Å². The molecule has 0 saturated heterocycles. The van der Waals surface area contributed by atoms with Gasteiger partial charge in [-0.15, -0.1) is 11.6 Å². The zero-order chi connectivity index (χ0) is 14.9. The van der Waals surface area contributed by atoms with Crippen LogP contribution in [0.25, 0.3) is 0 Å². The largest absolute Gasteiger partial charge is 0.338 e. The van der Waals surface area contributed by atoms with Gasteiger partial charge in [0.05, 0.1) is 0 Å². The number of nitrogens with zero attached hydrogens (tertiary/aromatic N) is 1. The number of rotatable bonds is 3. The van der Waals surface area contributed by atoms with E-state index < -0.39 is 46.6 Å². The van der Waals surface area contributed by atoms with E-state index in [0.29, 0.717) is 0 Å². The third-order valence-electron chi connectivity index (χ3n) is 2.63. The number of carbonyl (C=O) groups is 1. The lowest BCUT2D eigenvalue weighted by atomic mass is 10.1. The van der Waals surface area contributed by atoms with E-state index >= 15 is 0 Å². The first-order valence-electron chi connectivity index (χ1n) is 5.08. The normalized spacial score (nSPS) is 12.4. The lowest BCUT2D eigenvalue weighted by Gasteiger charge is -2.23. The third kappa shape index (κ3) is 2.65. The van der Waals surface area contributed by atoms with Gasteiger partial charge in [-0.25, -0.2) is 22.0 Å². The molecule has 0 fully saturated rings. The van der Waals surface area contributed by atoms with Crippen molar-refractivity contribution in [3.05, 3.63) is 34.6 Å². The SMILES string of the molecule is CC(CCl)N(C)C(=O)c1c(F)c(F)c(F)c(F)c1F. The Bertz CT molecular complexity index is 493. The maximum absolute atomic E-state index is 13.4. The Kier molecular flexibility index (Phi) is 4.73. The maximum Gasteiger partial charge on any atom is 0.260 e. The van der Waals surface area contributed by atoms with Crippen LogP contribution in [0, 0.1) is 29.1 Å². The number of benzene rings is 1. The lowest BCUT2D eigenvalue weighted by molar-refractivity contribution is 0.0743. The second-order valence-corrected chi connectivity index (χ2v) is 4.17. The fraction of sp³-hybridized carbons (Fsp3) is 0.364. The van der Waals surface area contributed by atoms with Crippen molar-refractivity contribution in [2.24, 2.45) is 0 Å². The molecule has 0 heterocycles. The van der Waals surface area contributed by atoms with Gasteiger partial charge in [0, 0.05) is 19.0 Å². The van der Waals surface area contributed by atoms with Gasteiger partial charge in [0.15, 0.2) is 23.3 Å². The van der Waals surface area contributed by atoms with Crippen molar-refractivity contribution in [2.45, 2.75) is 13.0 Å². The Morgan fingerprint density at radius 3 is 1.79 bits per heavy atom. The van der Waals surface area contributed by atoms with Crippen LogP contribution in [0.15, 0.2) is 0 Å². The number of halogens is 6. The number of carbonyl (C=O) groups excluding carboxylic acids is 1. The van der Waals surface area contributed by atoms with Crippen LogP contribution in [0.1, 0.15) is 17.3 Å². The molecule has 0 aliphatic heterocycles. The van der Waals surface area contributed by atoms with E-state index in [1.807, 2.05) is 0 Å². The van der Waals surface area contributed by atoms with E-state index in [-0.39, 0.29) is 5.88 Å². The van der Waals surface area contributed by atoms with E-state index in [9.17, 15) is 26.7 Å². The summed E-state index contributed by atoms with van der Waals surface area (Å²) in [5, 5.41) is 0. The highest BCUT2D eigenvalue weighted by Gasteiger charge is 2.32. The first kappa shape index (κ1) is 15.7. The van der Waals surface area contributed by atoms with Gasteiger partial charge in [-0.1, -0.05) is 0 Å². The molecule has 0 aromatic heterocycles. The van der Waals surface area contributed by atoms with E-state index in [0.717, 1.165) is 11.9 Å². The lowest BCUT2D eigenvalue weighted by Crippen LogP contribution is -2.37. The van der Waals surface area contributed by atoms with Crippen molar-refractivity contribution in [2.75, 3.05) is 12.9 Å². The van der Waals surface area contributed by atoms with Gasteiger partial charge in [-0.2, -0.15) is 0 Å². The smallest absolute Gasteiger partial charge is 0.260 e. The molecule has 1 rings (SSSR count). The molecule has 1 aromatic carbocycles. The molecule has 8 heteroatoms. The van der Waals surface area contributed by atoms with Crippen LogP contribution in [0.4, 0.5) is 22.0 Å². The van der Waals surface area contributed by atoms with Crippen molar-refractivity contribution in [3.8, 4) is 0 Å². The second-order valence-electron chi connectivity index (χ2n) is 3.86. The van der Waals surface area contributed by atoms with Gasteiger partial charge in [0.2, 0.25) is 5.82 Å². The number of alkyl halides is 1. The van der Waals surface area contributed by atoms with Gasteiger partial charge < -0.3 is 4.90 Å². The Balaban J connectivity index is 3.40. The summed E-state index contributed by atoms with van der Waals surface area (Å²) in [5.74, 6) is -12.3. The molecule has 0 N–H and O–H groups in total. The van der Waals surface area contributed by atoms with Gasteiger partial charge in [0.25, 0.3) is 5.91 Å². The predicted molar refractivity (Wildman–Crippen MR) is 58.5 cm³/mol. The predicted octanol–water partition coefficient (Wildman–Crippen LogP) is 3.08. The molecule has 0 spiro atoms. The van der Waals surface area contributed by atoms with Gasteiger partial charge in [-0.3, -0.25) is 4.79 Å². The summed E-state index contributed by atoms with van der Waals surface area (Å²) in [6, 6.07) is -0.635. The molecule has 1 amide bonds.